The molecule has 1 rings (SSSR count). The van der Waals surface area contributed by atoms with Gasteiger partial charge in [0, 0.05) is 22.7 Å². The first-order valence-electron chi connectivity index (χ1n) is 13.6. The van der Waals surface area contributed by atoms with Crippen LogP contribution < -0.4 is 10.6 Å². The highest BCUT2D eigenvalue weighted by molar-refractivity contribution is 5.91. The van der Waals surface area contributed by atoms with Gasteiger partial charge in [-0.05, 0) is 33.6 Å². The van der Waals surface area contributed by atoms with Gasteiger partial charge < -0.3 is 20.1 Å². The van der Waals surface area contributed by atoms with Crippen LogP contribution in [0.5, 0.6) is 0 Å². The van der Waals surface area contributed by atoms with Gasteiger partial charge in [0.25, 0.3) is 0 Å². The van der Waals surface area contributed by atoms with Crippen LogP contribution in [0, 0.1) is 0 Å². The van der Waals surface area contributed by atoms with Crippen LogP contribution in [0.15, 0.2) is 17.0 Å². The molecule has 0 aromatic heterocycles. The number of ether oxygens (including phenoxy) is 2. The minimum atomic E-state index is -0.525. The zero-order chi connectivity index (χ0) is 25.9. The second kappa shape index (κ2) is 18.1. The molecule has 1 aliphatic carbocycles. The largest absolute Gasteiger partial charge is 0.466 e. The Bertz CT molecular complexity index is 729. The molecule has 0 aromatic rings. The SMILES string of the molecule is CC(=O)OCCCCCCCCCCCCCCCCNC(=O)NC1=C=C(C(=O)OC(C)(C)C)C1.[HH].[HH]. The van der Waals surface area contributed by atoms with Gasteiger partial charge in [0.1, 0.15) is 5.60 Å². The molecular formula is C28H52N2O5. The molecule has 2 amide bonds. The van der Waals surface area contributed by atoms with Gasteiger partial charge in [-0.2, -0.15) is 0 Å². The third kappa shape index (κ3) is 17.8. The van der Waals surface area contributed by atoms with Crippen molar-refractivity contribution in [2.24, 2.45) is 0 Å². The van der Waals surface area contributed by atoms with Gasteiger partial charge in [-0.25, -0.2) is 9.59 Å². The summed E-state index contributed by atoms with van der Waals surface area (Å²) in [6.45, 7) is 8.16. The molecule has 0 unspecified atom stereocenters. The van der Waals surface area contributed by atoms with Gasteiger partial charge in [-0.15, -0.1) is 0 Å². The van der Waals surface area contributed by atoms with Crippen LogP contribution in [0.2, 0.25) is 0 Å². The molecule has 0 heterocycles. The Morgan fingerprint density at radius 3 is 1.74 bits per heavy atom. The summed E-state index contributed by atoms with van der Waals surface area (Å²) in [5.41, 5.74) is 3.44. The predicted molar refractivity (Wildman–Crippen MR) is 143 cm³/mol. The Hall–Kier alpha value is -2.27. The van der Waals surface area contributed by atoms with Crippen molar-refractivity contribution < 1.29 is 26.7 Å². The molecule has 1 aliphatic rings. The van der Waals surface area contributed by atoms with E-state index in [2.05, 4.69) is 16.4 Å². The Morgan fingerprint density at radius 2 is 1.29 bits per heavy atom. The van der Waals surface area contributed by atoms with Crippen LogP contribution >= 0.6 is 0 Å². The first-order valence-corrected chi connectivity index (χ1v) is 13.6. The number of carbonyl (C=O) groups is 3. The molecule has 35 heavy (non-hydrogen) atoms. The summed E-state index contributed by atoms with van der Waals surface area (Å²) >= 11 is 0. The van der Waals surface area contributed by atoms with E-state index in [1.54, 1.807) is 0 Å². The fourth-order valence-electron chi connectivity index (χ4n) is 3.83. The molecule has 0 radical (unpaired) electrons. The van der Waals surface area contributed by atoms with Gasteiger partial charge in [0.2, 0.25) is 0 Å². The molecule has 0 fully saturated rings. The average Bonchev–Trinajstić information content (AvgIpc) is 2.73. The number of amides is 2. The molecule has 0 spiro atoms. The van der Waals surface area contributed by atoms with Gasteiger partial charge in [0.15, 0.2) is 0 Å². The lowest BCUT2D eigenvalue weighted by molar-refractivity contribution is -0.150. The van der Waals surface area contributed by atoms with Crippen LogP contribution in [0.25, 0.3) is 0 Å². The van der Waals surface area contributed by atoms with Crippen LogP contribution in [0.4, 0.5) is 4.79 Å². The molecule has 0 atom stereocenters. The van der Waals surface area contributed by atoms with Crippen LogP contribution in [0.3, 0.4) is 0 Å². The molecule has 204 valence electrons. The van der Waals surface area contributed by atoms with Gasteiger partial charge in [-0.3, -0.25) is 4.79 Å². The fourth-order valence-corrected chi connectivity index (χ4v) is 3.83. The van der Waals surface area contributed by atoms with Crippen molar-refractivity contribution in [3.05, 3.63) is 17.0 Å². The maximum Gasteiger partial charge on any atom is 0.342 e. The first kappa shape index (κ1) is 30.8. The van der Waals surface area contributed by atoms with Crippen LogP contribution in [0.1, 0.15) is 127 Å². The number of rotatable bonds is 19. The van der Waals surface area contributed by atoms with Crippen molar-refractivity contribution in [1.29, 1.82) is 0 Å². The molecule has 0 aliphatic heterocycles. The predicted octanol–water partition coefficient (Wildman–Crippen LogP) is 6.96. The zero-order valence-electron chi connectivity index (χ0n) is 22.6. The molecule has 7 heteroatoms. The number of hydrogen-bond donors (Lipinski definition) is 2. The van der Waals surface area contributed by atoms with E-state index in [-0.39, 0.29) is 20.8 Å². The van der Waals surface area contributed by atoms with E-state index < -0.39 is 5.60 Å². The second-order valence-electron chi connectivity index (χ2n) is 10.4. The molecule has 0 aromatic carbocycles. The quantitative estimate of drug-likeness (QED) is 0.115. The maximum atomic E-state index is 11.9. The molecular weight excluding hydrogens is 444 g/mol. The van der Waals surface area contributed by atoms with Gasteiger partial charge in [-0.1, -0.05) is 82.8 Å². The summed E-state index contributed by atoms with van der Waals surface area (Å²) in [5.74, 6) is -0.551. The standard InChI is InChI=1S/C28H48N2O5.2H2/c1-23(31)34-20-18-16-14-12-10-8-6-5-7-9-11-13-15-17-19-29-27(33)30-25-21-24(22-25)26(32)35-28(2,3)4;;/h5-21H2,1-4H3,(H2,29,30,33);2*1H. The maximum absolute atomic E-state index is 11.9. The number of hydrogen-bond acceptors (Lipinski definition) is 5. The van der Waals surface area contributed by atoms with E-state index in [0.29, 0.717) is 30.8 Å². The molecule has 7 nitrogen and oxygen atoms in total. The number of carbonyl (C=O) groups excluding carboxylic acids is 3. The van der Waals surface area contributed by atoms with Crippen molar-refractivity contribution in [2.75, 3.05) is 13.2 Å². The lowest BCUT2D eigenvalue weighted by Crippen LogP contribution is -2.37. The van der Waals surface area contributed by atoms with Crippen molar-refractivity contribution in [2.45, 2.75) is 130 Å². The Morgan fingerprint density at radius 1 is 0.829 bits per heavy atom. The monoisotopic (exact) mass is 496 g/mol. The Kier molecular flexibility index (Phi) is 15.9. The number of esters is 2. The summed E-state index contributed by atoms with van der Waals surface area (Å²) in [6.07, 6.45) is 17.5. The van der Waals surface area contributed by atoms with E-state index in [0.717, 1.165) is 25.7 Å². The minimum Gasteiger partial charge on any atom is -0.466 e. The third-order valence-corrected chi connectivity index (χ3v) is 5.73. The highest BCUT2D eigenvalue weighted by atomic mass is 16.6. The Balaban J connectivity index is 0. The molecule has 0 saturated carbocycles. The average molecular weight is 497 g/mol. The first-order chi connectivity index (χ1) is 16.7. The zero-order valence-corrected chi connectivity index (χ0v) is 22.6. The topological polar surface area (TPSA) is 93.7 Å². The number of unbranched alkanes of at least 4 members (excludes halogenated alkanes) is 13. The minimum absolute atomic E-state index is 0. The van der Waals surface area contributed by atoms with E-state index in [1.165, 1.54) is 71.1 Å². The van der Waals surface area contributed by atoms with Crippen molar-refractivity contribution in [3.63, 3.8) is 0 Å². The summed E-state index contributed by atoms with van der Waals surface area (Å²) in [4.78, 5) is 34.4. The van der Waals surface area contributed by atoms with Crippen molar-refractivity contribution >= 4 is 18.0 Å². The van der Waals surface area contributed by atoms with Gasteiger partial charge >= 0.3 is 18.0 Å². The smallest absolute Gasteiger partial charge is 0.342 e. The third-order valence-electron chi connectivity index (χ3n) is 5.73. The highest BCUT2D eigenvalue weighted by Gasteiger charge is 2.25. The highest BCUT2D eigenvalue weighted by Crippen LogP contribution is 2.21. The number of urea groups is 1. The summed E-state index contributed by atoms with van der Waals surface area (Å²) in [5, 5.41) is 5.60. The van der Waals surface area contributed by atoms with E-state index in [1.807, 2.05) is 20.8 Å². The van der Waals surface area contributed by atoms with E-state index in [9.17, 15) is 14.4 Å². The molecule has 0 saturated heterocycles. The summed E-state index contributed by atoms with van der Waals surface area (Å²) < 4.78 is 10.2. The van der Waals surface area contributed by atoms with Crippen molar-refractivity contribution in [1.82, 2.24) is 10.6 Å². The molecule has 2 N–H and O–H groups in total. The van der Waals surface area contributed by atoms with Crippen molar-refractivity contribution in [3.8, 4) is 0 Å². The summed E-state index contributed by atoms with van der Waals surface area (Å²) in [6, 6.07) is -0.238. The van der Waals surface area contributed by atoms with E-state index >= 15 is 0 Å². The fraction of sp³-hybridized carbons (Fsp3) is 0.786. The van der Waals surface area contributed by atoms with Gasteiger partial charge in [0.05, 0.1) is 17.9 Å². The number of nitrogens with one attached hydrogen (secondary N) is 2. The van der Waals surface area contributed by atoms with E-state index in [4.69, 9.17) is 9.47 Å². The lowest BCUT2D eigenvalue weighted by Gasteiger charge is -2.22. The van der Waals surface area contributed by atoms with Crippen LogP contribution in [-0.2, 0) is 19.1 Å². The second-order valence-corrected chi connectivity index (χ2v) is 10.4. The lowest BCUT2D eigenvalue weighted by atomic mass is 10.0. The van der Waals surface area contributed by atoms with Crippen LogP contribution in [-0.4, -0.2) is 36.7 Å². The Labute approximate surface area is 215 Å². The normalized spacial score (nSPS) is 12.8. The molecule has 0 bridgehead atoms. The summed E-state index contributed by atoms with van der Waals surface area (Å²) in [7, 11) is 0.